The van der Waals surface area contributed by atoms with Gasteiger partial charge >= 0.3 is 0 Å². The van der Waals surface area contributed by atoms with E-state index < -0.39 is 21.3 Å². The van der Waals surface area contributed by atoms with Crippen LogP contribution in [0.4, 0.5) is 0 Å². The summed E-state index contributed by atoms with van der Waals surface area (Å²) in [5.74, 6) is -0.300. The minimum absolute atomic E-state index is 0.0384. The molecule has 3 atom stereocenters. The Morgan fingerprint density at radius 1 is 1.53 bits per heavy atom. The zero-order chi connectivity index (χ0) is 11.6. The number of carbonyl (C=O) groups excluding carboxylic acids is 1. The number of sulfone groups is 1. The predicted octanol–water partition coefficient (Wildman–Crippen LogP) is 0.553. The van der Waals surface area contributed by atoms with Gasteiger partial charge in [-0.3, -0.25) is 4.79 Å². The first-order valence-electron chi connectivity index (χ1n) is 5.00. The van der Waals surface area contributed by atoms with Crippen LogP contribution in [0.3, 0.4) is 0 Å². The van der Waals surface area contributed by atoms with Gasteiger partial charge in [0.15, 0.2) is 9.84 Å². The van der Waals surface area contributed by atoms with Gasteiger partial charge in [0.2, 0.25) is 5.91 Å². The number of halogens is 1. The van der Waals surface area contributed by atoms with Crippen molar-refractivity contribution in [2.45, 2.75) is 31.7 Å². The van der Waals surface area contributed by atoms with Crippen molar-refractivity contribution in [3.8, 4) is 0 Å². The number of amides is 1. The normalized spacial score (nSPS) is 31.1. The molecule has 15 heavy (non-hydrogen) atoms. The minimum atomic E-state index is -3.07. The molecule has 1 heterocycles. The third-order valence-electron chi connectivity index (χ3n) is 2.67. The van der Waals surface area contributed by atoms with Crippen LogP contribution in [0.1, 0.15) is 20.3 Å². The summed E-state index contributed by atoms with van der Waals surface area (Å²) in [7, 11) is -3.07. The molecule has 1 amide bonds. The fourth-order valence-electron chi connectivity index (χ4n) is 1.45. The molecule has 88 valence electrons. The summed E-state index contributed by atoms with van der Waals surface area (Å²) in [6, 6.07) is -0.432. The molecule has 0 aliphatic carbocycles. The van der Waals surface area contributed by atoms with Crippen LogP contribution in [-0.4, -0.2) is 37.2 Å². The van der Waals surface area contributed by atoms with Crippen LogP contribution in [0.5, 0.6) is 0 Å². The number of carbonyl (C=O) groups is 1. The molecular weight excluding hydrogens is 238 g/mol. The van der Waals surface area contributed by atoms with E-state index in [1.165, 1.54) is 0 Å². The Morgan fingerprint density at radius 3 is 2.53 bits per heavy atom. The number of nitrogens with one attached hydrogen (secondary N) is 1. The summed E-state index contributed by atoms with van der Waals surface area (Å²) < 4.78 is 22.5. The van der Waals surface area contributed by atoms with Gasteiger partial charge in [0.05, 0.1) is 22.9 Å². The predicted molar refractivity (Wildman–Crippen MR) is 59.7 cm³/mol. The van der Waals surface area contributed by atoms with Crippen LogP contribution in [0.25, 0.3) is 0 Å². The van der Waals surface area contributed by atoms with Gasteiger partial charge in [-0.25, -0.2) is 8.42 Å². The van der Waals surface area contributed by atoms with Crippen molar-refractivity contribution < 1.29 is 13.2 Å². The molecule has 4 nitrogen and oxygen atoms in total. The van der Waals surface area contributed by atoms with E-state index in [0.29, 0.717) is 0 Å². The third kappa shape index (κ3) is 3.34. The van der Waals surface area contributed by atoms with Crippen molar-refractivity contribution in [3.05, 3.63) is 0 Å². The highest BCUT2D eigenvalue weighted by molar-refractivity contribution is 7.91. The molecule has 1 rings (SSSR count). The lowest BCUT2D eigenvalue weighted by atomic mass is 10.1. The highest BCUT2D eigenvalue weighted by Gasteiger charge is 2.37. The summed E-state index contributed by atoms with van der Waals surface area (Å²) in [6.07, 6.45) is 0.734. The lowest BCUT2D eigenvalue weighted by molar-refractivity contribution is -0.125. The highest BCUT2D eigenvalue weighted by Crippen LogP contribution is 2.18. The van der Waals surface area contributed by atoms with Gasteiger partial charge in [0, 0.05) is 5.92 Å². The monoisotopic (exact) mass is 253 g/mol. The fraction of sp³-hybridized carbons (Fsp3) is 0.889. The zero-order valence-corrected chi connectivity index (χ0v) is 10.4. The van der Waals surface area contributed by atoms with E-state index in [9.17, 15) is 13.2 Å². The number of hydrogen-bond donors (Lipinski definition) is 1. The largest absolute Gasteiger partial charge is 0.351 e. The van der Waals surface area contributed by atoms with Crippen LogP contribution in [-0.2, 0) is 14.6 Å². The molecule has 3 unspecified atom stereocenters. The Kier molecular flexibility index (Phi) is 4.00. The first kappa shape index (κ1) is 12.8. The second-order valence-corrected chi connectivity index (χ2v) is 6.73. The molecule has 0 aromatic heterocycles. The minimum Gasteiger partial charge on any atom is -0.351 e. The van der Waals surface area contributed by atoms with Crippen molar-refractivity contribution in [1.82, 2.24) is 5.32 Å². The molecule has 0 spiro atoms. The van der Waals surface area contributed by atoms with Crippen molar-refractivity contribution in [2.75, 3.05) is 11.5 Å². The van der Waals surface area contributed by atoms with Crippen LogP contribution >= 0.6 is 11.6 Å². The molecule has 0 bridgehead atoms. The van der Waals surface area contributed by atoms with Crippen molar-refractivity contribution >= 4 is 27.3 Å². The van der Waals surface area contributed by atoms with Gasteiger partial charge in [-0.1, -0.05) is 13.8 Å². The van der Waals surface area contributed by atoms with Gasteiger partial charge in [0.25, 0.3) is 0 Å². The summed E-state index contributed by atoms with van der Waals surface area (Å²) in [4.78, 5) is 11.5. The maximum Gasteiger partial charge on any atom is 0.223 e. The van der Waals surface area contributed by atoms with Gasteiger partial charge < -0.3 is 5.32 Å². The maximum atomic E-state index is 11.5. The molecule has 1 aliphatic rings. The van der Waals surface area contributed by atoms with E-state index in [1.807, 2.05) is 13.8 Å². The Labute approximate surface area is 95.3 Å². The smallest absolute Gasteiger partial charge is 0.223 e. The van der Waals surface area contributed by atoms with Gasteiger partial charge in [-0.2, -0.15) is 0 Å². The van der Waals surface area contributed by atoms with E-state index in [0.717, 1.165) is 6.42 Å². The summed E-state index contributed by atoms with van der Waals surface area (Å²) in [6.45, 7) is 3.72. The third-order valence-corrected chi connectivity index (χ3v) is 5.05. The quantitative estimate of drug-likeness (QED) is 0.748. The molecular formula is C9H16ClNO3S. The molecule has 1 aliphatic heterocycles. The Bertz CT molecular complexity index is 341. The van der Waals surface area contributed by atoms with Crippen LogP contribution < -0.4 is 5.32 Å². The van der Waals surface area contributed by atoms with Crippen molar-refractivity contribution in [2.24, 2.45) is 5.92 Å². The van der Waals surface area contributed by atoms with E-state index >= 15 is 0 Å². The van der Waals surface area contributed by atoms with Gasteiger partial charge in [0.1, 0.15) is 0 Å². The van der Waals surface area contributed by atoms with Crippen molar-refractivity contribution in [1.29, 1.82) is 0 Å². The first-order valence-corrected chi connectivity index (χ1v) is 7.26. The van der Waals surface area contributed by atoms with Gasteiger partial charge in [-0.15, -0.1) is 11.6 Å². The topological polar surface area (TPSA) is 63.2 Å². The second-order valence-electron chi connectivity index (χ2n) is 4.02. The molecule has 0 radical (unpaired) electrons. The fourth-order valence-corrected chi connectivity index (χ4v) is 4.00. The average molecular weight is 254 g/mol. The molecule has 1 saturated heterocycles. The van der Waals surface area contributed by atoms with Crippen LogP contribution in [0, 0.1) is 5.92 Å². The van der Waals surface area contributed by atoms with Gasteiger partial charge in [-0.05, 0) is 6.42 Å². The molecule has 6 heteroatoms. The van der Waals surface area contributed by atoms with Crippen molar-refractivity contribution in [3.63, 3.8) is 0 Å². The number of rotatable bonds is 3. The van der Waals surface area contributed by atoms with Crippen LogP contribution in [0.2, 0.25) is 0 Å². The Balaban J connectivity index is 2.57. The summed E-state index contributed by atoms with van der Waals surface area (Å²) in [5, 5.41) is 2.19. The maximum absolute atomic E-state index is 11.5. The number of alkyl halides is 1. The van der Waals surface area contributed by atoms with E-state index in [4.69, 9.17) is 11.6 Å². The second kappa shape index (κ2) is 4.70. The lowest BCUT2D eigenvalue weighted by Crippen LogP contribution is -2.42. The summed E-state index contributed by atoms with van der Waals surface area (Å²) in [5.41, 5.74) is 0. The van der Waals surface area contributed by atoms with E-state index in [-0.39, 0.29) is 23.3 Å². The van der Waals surface area contributed by atoms with E-state index in [1.54, 1.807) is 0 Å². The van der Waals surface area contributed by atoms with Crippen LogP contribution in [0.15, 0.2) is 0 Å². The molecule has 0 aromatic carbocycles. The Morgan fingerprint density at radius 2 is 2.13 bits per heavy atom. The van der Waals surface area contributed by atoms with E-state index in [2.05, 4.69) is 5.32 Å². The zero-order valence-electron chi connectivity index (χ0n) is 8.86. The molecule has 0 saturated carbocycles. The molecule has 1 N–H and O–H groups in total. The lowest BCUT2D eigenvalue weighted by Gasteiger charge is -2.17. The molecule has 0 aromatic rings. The first-order chi connectivity index (χ1) is 6.85. The standard InChI is InChI=1S/C9H16ClNO3S/c1-3-6(2)9(12)11-8-5-15(13,14)4-7(8)10/h6-8H,3-5H2,1-2H3,(H,11,12). The number of hydrogen-bond acceptors (Lipinski definition) is 3. The molecule has 1 fully saturated rings. The Hall–Kier alpha value is -0.290. The SMILES string of the molecule is CCC(C)C(=O)NC1CS(=O)(=O)CC1Cl. The highest BCUT2D eigenvalue weighted by atomic mass is 35.5. The average Bonchev–Trinajstić information content (AvgIpc) is 2.38. The summed E-state index contributed by atoms with van der Waals surface area (Å²) >= 11 is 5.86.